The summed E-state index contributed by atoms with van der Waals surface area (Å²) in [7, 11) is 1.31. The van der Waals surface area contributed by atoms with E-state index in [0.717, 1.165) is 11.3 Å². The van der Waals surface area contributed by atoms with Gasteiger partial charge < -0.3 is 9.84 Å². The first-order valence-electron chi connectivity index (χ1n) is 9.91. The average molecular weight is 436 g/mol. The molecule has 158 valence electrons. The fourth-order valence-corrected chi connectivity index (χ4v) is 4.08. The van der Waals surface area contributed by atoms with Crippen LogP contribution in [0.15, 0.2) is 84.4 Å². The normalized spacial score (nSPS) is 19.3. The van der Waals surface area contributed by atoms with Crippen molar-refractivity contribution in [2.45, 2.75) is 25.0 Å². The number of pyridine rings is 2. The first-order valence-corrected chi connectivity index (χ1v) is 10.3. The summed E-state index contributed by atoms with van der Waals surface area (Å²) < 4.78 is 5.02. The monoisotopic (exact) mass is 435 g/mol. The number of ether oxygens (including phenoxy) is 1. The zero-order valence-corrected chi connectivity index (χ0v) is 17.7. The third kappa shape index (κ3) is 4.45. The molecule has 1 N–H and O–H groups in total. The maximum atomic E-state index is 12.7. The number of esters is 1. The van der Waals surface area contributed by atoms with Crippen molar-refractivity contribution in [3.8, 4) is 0 Å². The zero-order valence-electron chi connectivity index (χ0n) is 17.0. The van der Waals surface area contributed by atoms with Gasteiger partial charge in [0.1, 0.15) is 5.76 Å². The topological polar surface area (TPSA) is 75.6 Å². The van der Waals surface area contributed by atoms with Gasteiger partial charge in [-0.1, -0.05) is 35.9 Å². The second kappa shape index (κ2) is 9.29. The summed E-state index contributed by atoms with van der Waals surface area (Å²) in [6.45, 7) is 0.493. The predicted molar refractivity (Wildman–Crippen MR) is 117 cm³/mol. The van der Waals surface area contributed by atoms with Gasteiger partial charge in [-0.2, -0.15) is 0 Å². The van der Waals surface area contributed by atoms with E-state index in [1.807, 2.05) is 60.7 Å². The number of benzene rings is 1. The smallest absolute Gasteiger partial charge is 0.339 e. The van der Waals surface area contributed by atoms with Crippen molar-refractivity contribution in [2.75, 3.05) is 7.11 Å². The van der Waals surface area contributed by atoms with Crippen molar-refractivity contribution in [1.29, 1.82) is 0 Å². The van der Waals surface area contributed by atoms with Gasteiger partial charge in [0, 0.05) is 30.4 Å². The van der Waals surface area contributed by atoms with Gasteiger partial charge in [0.05, 0.1) is 36.2 Å². The number of nitrogens with zero attached hydrogens (tertiary/aromatic N) is 3. The van der Waals surface area contributed by atoms with Crippen LogP contribution in [-0.4, -0.2) is 33.1 Å². The summed E-state index contributed by atoms with van der Waals surface area (Å²) >= 11 is 6.07. The summed E-state index contributed by atoms with van der Waals surface area (Å²) in [5, 5.41) is 11.6. The van der Waals surface area contributed by atoms with Crippen LogP contribution in [0.3, 0.4) is 0 Å². The molecular weight excluding hydrogens is 414 g/mol. The summed E-state index contributed by atoms with van der Waals surface area (Å²) in [6, 6.07) is 17.9. The number of aliphatic hydroxyl groups is 1. The lowest BCUT2D eigenvalue weighted by atomic mass is 9.88. The summed E-state index contributed by atoms with van der Waals surface area (Å²) in [5.74, 6) is -0.584. The quantitative estimate of drug-likeness (QED) is 0.580. The highest BCUT2D eigenvalue weighted by Gasteiger charge is 2.42. The van der Waals surface area contributed by atoms with Crippen LogP contribution in [0.4, 0.5) is 0 Å². The van der Waals surface area contributed by atoms with Crippen LogP contribution in [0.5, 0.6) is 0 Å². The molecule has 1 aliphatic rings. The molecule has 0 fully saturated rings. The Hall–Kier alpha value is -3.22. The third-order valence-electron chi connectivity index (χ3n) is 5.38. The van der Waals surface area contributed by atoms with Gasteiger partial charge in [-0.05, 0) is 42.0 Å². The second-order valence-electron chi connectivity index (χ2n) is 7.28. The van der Waals surface area contributed by atoms with E-state index in [9.17, 15) is 9.90 Å². The third-order valence-corrected chi connectivity index (χ3v) is 5.64. The molecule has 4 rings (SSSR count). The second-order valence-corrected chi connectivity index (χ2v) is 7.72. The lowest BCUT2D eigenvalue weighted by molar-refractivity contribution is -0.137. The minimum Gasteiger partial charge on any atom is -0.512 e. The van der Waals surface area contributed by atoms with Crippen LogP contribution in [0.2, 0.25) is 5.02 Å². The van der Waals surface area contributed by atoms with Crippen LogP contribution in [-0.2, 0) is 16.1 Å². The maximum absolute atomic E-state index is 12.7. The van der Waals surface area contributed by atoms with E-state index in [1.165, 1.54) is 7.11 Å². The van der Waals surface area contributed by atoms with Crippen molar-refractivity contribution < 1.29 is 14.6 Å². The van der Waals surface area contributed by atoms with Crippen LogP contribution in [0, 0.1) is 0 Å². The Morgan fingerprint density at radius 3 is 2.29 bits per heavy atom. The Balaban J connectivity index is 1.87. The van der Waals surface area contributed by atoms with E-state index >= 15 is 0 Å². The summed E-state index contributed by atoms with van der Waals surface area (Å²) in [6.07, 6.45) is 3.63. The number of methoxy groups -OCH3 is 1. The van der Waals surface area contributed by atoms with Crippen LogP contribution < -0.4 is 0 Å². The highest BCUT2D eigenvalue weighted by Crippen LogP contribution is 2.44. The Bertz CT molecular complexity index is 1070. The van der Waals surface area contributed by atoms with Gasteiger partial charge in [0.25, 0.3) is 0 Å². The highest BCUT2D eigenvalue weighted by molar-refractivity contribution is 6.30. The summed E-state index contributed by atoms with van der Waals surface area (Å²) in [4.78, 5) is 23.9. The van der Waals surface area contributed by atoms with E-state index in [2.05, 4.69) is 14.9 Å². The molecule has 1 aromatic carbocycles. The fraction of sp³-hybridized carbons (Fsp3) is 0.208. The Labute approximate surface area is 185 Å². The SMILES string of the molecule is COC(=O)C1=C(O)C[C@H](c2ccccn2)N(Cc2ccc(Cl)cc2)[C@@H]1c1ccccn1. The largest absolute Gasteiger partial charge is 0.512 e. The van der Waals surface area contributed by atoms with Crippen molar-refractivity contribution in [3.05, 3.63) is 106 Å². The van der Waals surface area contributed by atoms with Gasteiger partial charge in [-0.15, -0.1) is 0 Å². The van der Waals surface area contributed by atoms with E-state index in [-0.39, 0.29) is 23.8 Å². The first-order chi connectivity index (χ1) is 15.1. The molecule has 0 bridgehead atoms. The van der Waals surface area contributed by atoms with E-state index < -0.39 is 12.0 Å². The molecular formula is C24H22ClN3O3. The lowest BCUT2D eigenvalue weighted by Crippen LogP contribution is -2.40. The van der Waals surface area contributed by atoms with Crippen LogP contribution in [0.25, 0.3) is 0 Å². The molecule has 6 nitrogen and oxygen atoms in total. The molecule has 3 aromatic rings. The van der Waals surface area contributed by atoms with E-state index in [4.69, 9.17) is 16.3 Å². The molecule has 7 heteroatoms. The first kappa shape index (κ1) is 21.0. The number of hydrogen-bond donors (Lipinski definition) is 1. The number of halogens is 1. The minimum absolute atomic E-state index is 0.00878. The molecule has 0 spiro atoms. The number of aromatic nitrogens is 2. The van der Waals surface area contributed by atoms with Crippen LogP contribution in [0.1, 0.15) is 35.5 Å². The molecule has 0 saturated carbocycles. The van der Waals surface area contributed by atoms with Crippen molar-refractivity contribution in [2.24, 2.45) is 0 Å². The molecule has 0 radical (unpaired) electrons. The lowest BCUT2D eigenvalue weighted by Gasteiger charge is -2.41. The predicted octanol–water partition coefficient (Wildman–Crippen LogP) is 4.80. The van der Waals surface area contributed by atoms with Gasteiger partial charge in [-0.3, -0.25) is 14.9 Å². The van der Waals surface area contributed by atoms with E-state index in [0.29, 0.717) is 17.3 Å². The standard InChI is InChI=1S/C24H22ClN3O3/c1-31-24(30)22-21(29)14-20(18-6-2-4-12-26-18)28(15-16-8-10-17(25)11-9-16)23(22)19-7-3-5-13-27-19/h2-13,20,23,29H,14-15H2,1H3/t20-,23-/m1/s1. The molecule has 2 atom stereocenters. The number of hydrogen-bond acceptors (Lipinski definition) is 6. The van der Waals surface area contributed by atoms with Gasteiger partial charge in [-0.25, -0.2) is 4.79 Å². The Kier molecular flexibility index (Phi) is 6.30. The Morgan fingerprint density at radius 1 is 1.06 bits per heavy atom. The minimum atomic E-state index is -0.606. The maximum Gasteiger partial charge on any atom is 0.339 e. The zero-order chi connectivity index (χ0) is 21.8. The number of aliphatic hydroxyl groups excluding tert-OH is 1. The fourth-order valence-electron chi connectivity index (χ4n) is 3.96. The van der Waals surface area contributed by atoms with Crippen molar-refractivity contribution >= 4 is 17.6 Å². The molecule has 0 aliphatic carbocycles. The molecule has 0 unspecified atom stereocenters. The molecule has 3 heterocycles. The molecule has 0 amide bonds. The number of rotatable bonds is 5. The van der Waals surface area contributed by atoms with Crippen LogP contribution >= 0.6 is 11.6 Å². The highest BCUT2D eigenvalue weighted by atomic mass is 35.5. The Morgan fingerprint density at radius 2 is 1.71 bits per heavy atom. The summed E-state index contributed by atoms with van der Waals surface area (Å²) in [5.41, 5.74) is 2.65. The number of carbonyl (C=O) groups excluding carboxylic acids is 1. The van der Waals surface area contributed by atoms with Gasteiger partial charge in [0.2, 0.25) is 0 Å². The molecule has 31 heavy (non-hydrogen) atoms. The van der Waals surface area contributed by atoms with Crippen molar-refractivity contribution in [3.63, 3.8) is 0 Å². The average Bonchev–Trinajstić information content (AvgIpc) is 2.81. The van der Waals surface area contributed by atoms with Gasteiger partial charge >= 0.3 is 5.97 Å². The van der Waals surface area contributed by atoms with Gasteiger partial charge in [0.15, 0.2) is 0 Å². The molecule has 0 saturated heterocycles. The van der Waals surface area contributed by atoms with E-state index in [1.54, 1.807) is 12.4 Å². The molecule has 1 aliphatic heterocycles. The molecule has 2 aromatic heterocycles. The number of carbonyl (C=O) groups is 1. The van der Waals surface area contributed by atoms with Crippen molar-refractivity contribution in [1.82, 2.24) is 14.9 Å².